The summed E-state index contributed by atoms with van der Waals surface area (Å²) >= 11 is 3.50. The molecular formula is C16H17BrN2O. The van der Waals surface area contributed by atoms with E-state index < -0.39 is 0 Å². The Hall–Kier alpha value is -1.65. The smallest absolute Gasteiger partial charge is 0.241 e. The number of rotatable bonds is 5. The van der Waals surface area contributed by atoms with Crippen LogP contribution in [0.1, 0.15) is 12.5 Å². The summed E-state index contributed by atoms with van der Waals surface area (Å²) in [6.07, 6.45) is 0. The van der Waals surface area contributed by atoms with Gasteiger partial charge < -0.3 is 10.6 Å². The molecule has 4 heteroatoms. The lowest BCUT2D eigenvalue weighted by molar-refractivity contribution is -0.117. The Morgan fingerprint density at radius 3 is 2.45 bits per heavy atom. The maximum atomic E-state index is 12.0. The van der Waals surface area contributed by atoms with Gasteiger partial charge in [-0.2, -0.15) is 0 Å². The molecule has 0 radical (unpaired) electrons. The van der Waals surface area contributed by atoms with Gasteiger partial charge in [-0.15, -0.1) is 0 Å². The number of carbonyl (C=O) groups excluding carboxylic acids is 1. The fraction of sp³-hybridized carbons (Fsp3) is 0.188. The maximum Gasteiger partial charge on any atom is 0.241 e. The fourth-order valence-electron chi connectivity index (χ4n) is 1.77. The largest absolute Gasteiger partial charge is 0.325 e. The monoisotopic (exact) mass is 332 g/mol. The van der Waals surface area contributed by atoms with Crippen LogP contribution in [-0.4, -0.2) is 11.9 Å². The highest BCUT2D eigenvalue weighted by molar-refractivity contribution is 9.10. The van der Waals surface area contributed by atoms with Gasteiger partial charge in [-0.1, -0.05) is 52.3 Å². The van der Waals surface area contributed by atoms with Gasteiger partial charge in [0, 0.05) is 16.7 Å². The number of para-hydroxylation sites is 1. The van der Waals surface area contributed by atoms with Crippen LogP contribution < -0.4 is 10.6 Å². The van der Waals surface area contributed by atoms with E-state index in [0.717, 1.165) is 15.7 Å². The molecule has 0 aliphatic heterocycles. The predicted octanol–water partition coefficient (Wildman–Crippen LogP) is 3.57. The summed E-state index contributed by atoms with van der Waals surface area (Å²) in [6.45, 7) is 2.50. The second-order valence-electron chi connectivity index (χ2n) is 4.55. The number of hydrogen-bond acceptors (Lipinski definition) is 2. The van der Waals surface area contributed by atoms with Crippen molar-refractivity contribution in [3.63, 3.8) is 0 Å². The van der Waals surface area contributed by atoms with Gasteiger partial charge in [0.05, 0.1) is 6.04 Å². The fourth-order valence-corrected chi connectivity index (χ4v) is 2.19. The Balaban J connectivity index is 1.87. The Morgan fingerprint density at radius 1 is 1.10 bits per heavy atom. The van der Waals surface area contributed by atoms with Gasteiger partial charge in [0.2, 0.25) is 5.91 Å². The minimum Gasteiger partial charge on any atom is -0.325 e. The molecule has 0 bridgehead atoms. The standard InChI is InChI=1S/C16H17BrN2O/c1-12(16(20)19-14-8-3-2-4-9-14)18-11-13-7-5-6-10-15(13)17/h2-10,12,18H,11H2,1H3,(H,19,20). The highest BCUT2D eigenvalue weighted by Gasteiger charge is 2.12. The highest BCUT2D eigenvalue weighted by atomic mass is 79.9. The number of amides is 1. The normalized spacial score (nSPS) is 11.9. The van der Waals surface area contributed by atoms with E-state index in [0.29, 0.717) is 6.54 Å². The quantitative estimate of drug-likeness (QED) is 0.878. The van der Waals surface area contributed by atoms with Crippen LogP contribution in [-0.2, 0) is 11.3 Å². The van der Waals surface area contributed by atoms with E-state index in [4.69, 9.17) is 0 Å². The van der Waals surface area contributed by atoms with E-state index in [9.17, 15) is 4.79 Å². The van der Waals surface area contributed by atoms with Crippen LogP contribution in [0.5, 0.6) is 0 Å². The van der Waals surface area contributed by atoms with Crippen LogP contribution in [0.25, 0.3) is 0 Å². The highest BCUT2D eigenvalue weighted by Crippen LogP contribution is 2.15. The number of hydrogen-bond donors (Lipinski definition) is 2. The second kappa shape index (κ2) is 7.22. The number of nitrogens with one attached hydrogen (secondary N) is 2. The molecule has 0 aliphatic carbocycles. The lowest BCUT2D eigenvalue weighted by Gasteiger charge is -2.14. The molecule has 0 spiro atoms. The van der Waals surface area contributed by atoms with Gasteiger partial charge in [-0.3, -0.25) is 4.79 Å². The van der Waals surface area contributed by atoms with E-state index in [2.05, 4.69) is 26.6 Å². The summed E-state index contributed by atoms with van der Waals surface area (Å²) in [6, 6.07) is 17.2. The Morgan fingerprint density at radius 2 is 1.75 bits per heavy atom. The van der Waals surface area contributed by atoms with Gasteiger partial charge in [0.15, 0.2) is 0 Å². The summed E-state index contributed by atoms with van der Waals surface area (Å²) in [7, 11) is 0. The minimum absolute atomic E-state index is 0.0387. The lowest BCUT2D eigenvalue weighted by atomic mass is 10.2. The van der Waals surface area contributed by atoms with E-state index in [1.807, 2.05) is 61.5 Å². The van der Waals surface area contributed by atoms with Gasteiger partial charge in [0.1, 0.15) is 0 Å². The molecule has 2 aromatic carbocycles. The molecule has 0 heterocycles. The van der Waals surface area contributed by atoms with Crippen molar-refractivity contribution in [1.82, 2.24) is 5.32 Å². The molecule has 2 N–H and O–H groups in total. The van der Waals surface area contributed by atoms with Crippen molar-refractivity contribution in [3.8, 4) is 0 Å². The van der Waals surface area contributed by atoms with Gasteiger partial charge in [0.25, 0.3) is 0 Å². The summed E-state index contributed by atoms with van der Waals surface area (Å²) in [5.74, 6) is -0.0387. The van der Waals surface area contributed by atoms with Crippen molar-refractivity contribution in [3.05, 3.63) is 64.6 Å². The van der Waals surface area contributed by atoms with E-state index in [1.54, 1.807) is 0 Å². The Kier molecular flexibility index (Phi) is 5.32. The van der Waals surface area contributed by atoms with Gasteiger partial charge in [-0.05, 0) is 30.7 Å². The van der Waals surface area contributed by atoms with Crippen LogP contribution in [0.4, 0.5) is 5.69 Å². The number of halogens is 1. The zero-order chi connectivity index (χ0) is 14.4. The molecule has 1 unspecified atom stereocenters. The molecule has 20 heavy (non-hydrogen) atoms. The van der Waals surface area contributed by atoms with E-state index >= 15 is 0 Å². The molecule has 0 saturated carbocycles. The SMILES string of the molecule is CC(NCc1ccccc1Br)C(=O)Nc1ccccc1. The summed E-state index contributed by atoms with van der Waals surface area (Å²) in [4.78, 5) is 12.0. The summed E-state index contributed by atoms with van der Waals surface area (Å²) < 4.78 is 1.04. The summed E-state index contributed by atoms with van der Waals surface area (Å²) in [5, 5.41) is 6.10. The lowest BCUT2D eigenvalue weighted by Crippen LogP contribution is -2.37. The first-order valence-electron chi connectivity index (χ1n) is 6.49. The molecule has 3 nitrogen and oxygen atoms in total. The molecule has 1 amide bonds. The third-order valence-corrected chi connectivity index (χ3v) is 3.76. The average Bonchev–Trinajstić information content (AvgIpc) is 2.47. The number of carbonyl (C=O) groups is 1. The third kappa shape index (κ3) is 4.18. The minimum atomic E-state index is -0.262. The van der Waals surface area contributed by atoms with Crippen molar-refractivity contribution in [2.24, 2.45) is 0 Å². The van der Waals surface area contributed by atoms with Crippen LogP contribution in [0.15, 0.2) is 59.1 Å². The Labute approximate surface area is 127 Å². The molecule has 104 valence electrons. The van der Waals surface area contributed by atoms with Crippen LogP contribution in [0.3, 0.4) is 0 Å². The van der Waals surface area contributed by atoms with Crippen LogP contribution in [0.2, 0.25) is 0 Å². The Bertz CT molecular complexity index is 572. The summed E-state index contributed by atoms with van der Waals surface area (Å²) in [5.41, 5.74) is 1.94. The first kappa shape index (κ1) is 14.8. The number of anilines is 1. The average molecular weight is 333 g/mol. The first-order chi connectivity index (χ1) is 9.66. The molecule has 0 aliphatic rings. The molecule has 0 fully saturated rings. The predicted molar refractivity (Wildman–Crippen MR) is 85.5 cm³/mol. The molecule has 2 rings (SSSR count). The van der Waals surface area contributed by atoms with Crippen molar-refractivity contribution in [2.75, 3.05) is 5.32 Å². The van der Waals surface area contributed by atoms with Crippen molar-refractivity contribution >= 4 is 27.5 Å². The molecular weight excluding hydrogens is 316 g/mol. The van der Waals surface area contributed by atoms with Crippen LogP contribution >= 0.6 is 15.9 Å². The zero-order valence-electron chi connectivity index (χ0n) is 11.3. The van der Waals surface area contributed by atoms with Crippen molar-refractivity contribution in [2.45, 2.75) is 19.5 Å². The van der Waals surface area contributed by atoms with Gasteiger partial charge in [-0.25, -0.2) is 0 Å². The first-order valence-corrected chi connectivity index (χ1v) is 7.29. The van der Waals surface area contributed by atoms with Crippen LogP contribution in [0, 0.1) is 0 Å². The molecule has 0 saturated heterocycles. The second-order valence-corrected chi connectivity index (χ2v) is 5.40. The molecule has 0 aromatic heterocycles. The van der Waals surface area contributed by atoms with E-state index in [-0.39, 0.29) is 11.9 Å². The topological polar surface area (TPSA) is 41.1 Å². The third-order valence-electron chi connectivity index (χ3n) is 2.99. The maximum absolute atomic E-state index is 12.0. The zero-order valence-corrected chi connectivity index (χ0v) is 12.9. The molecule has 2 aromatic rings. The van der Waals surface area contributed by atoms with Crippen molar-refractivity contribution in [1.29, 1.82) is 0 Å². The molecule has 1 atom stereocenters. The van der Waals surface area contributed by atoms with Gasteiger partial charge >= 0.3 is 0 Å². The number of benzene rings is 2. The van der Waals surface area contributed by atoms with E-state index in [1.165, 1.54) is 0 Å². The van der Waals surface area contributed by atoms with Crippen molar-refractivity contribution < 1.29 is 4.79 Å².